The van der Waals surface area contributed by atoms with Gasteiger partial charge in [-0.3, -0.25) is 9.59 Å². The Hall–Kier alpha value is -2.61. The third-order valence-corrected chi connectivity index (χ3v) is 5.25. The third-order valence-electron chi connectivity index (χ3n) is 5.25. The van der Waals surface area contributed by atoms with Gasteiger partial charge in [-0.15, -0.1) is 0 Å². The highest BCUT2D eigenvalue weighted by atomic mass is 16.7. The number of nitrogens with one attached hydrogen (secondary N) is 1. The van der Waals surface area contributed by atoms with Crippen LogP contribution in [0.3, 0.4) is 0 Å². The van der Waals surface area contributed by atoms with Crippen LogP contribution in [-0.4, -0.2) is 61.8 Å². The van der Waals surface area contributed by atoms with Crippen LogP contribution >= 0.6 is 0 Å². The normalized spacial score (nSPS) is 19.6. The van der Waals surface area contributed by atoms with Gasteiger partial charge < -0.3 is 24.4 Å². The fraction of sp³-hybridized carbons (Fsp3) is 0.571. The topological polar surface area (TPSA) is 94.2 Å². The summed E-state index contributed by atoms with van der Waals surface area (Å²) in [5.74, 6) is 0.631. The molecule has 29 heavy (non-hydrogen) atoms. The van der Waals surface area contributed by atoms with E-state index in [1.54, 1.807) is 31.2 Å². The molecule has 0 spiro atoms. The molecular weight excluding hydrogens is 376 g/mol. The van der Waals surface area contributed by atoms with Crippen LogP contribution in [-0.2, 0) is 14.3 Å². The molecule has 2 aliphatic rings. The summed E-state index contributed by atoms with van der Waals surface area (Å²) < 4.78 is 15.1. The maximum atomic E-state index is 12.7. The Morgan fingerprint density at radius 3 is 2.48 bits per heavy atom. The van der Waals surface area contributed by atoms with Crippen LogP contribution < -0.4 is 10.1 Å². The molecule has 2 fully saturated rings. The van der Waals surface area contributed by atoms with Gasteiger partial charge in [0.05, 0.1) is 6.61 Å². The maximum absolute atomic E-state index is 12.7. The molecule has 2 aliphatic heterocycles. The smallest absolute Gasteiger partial charge is 0.434 e. The molecule has 0 radical (unpaired) electrons. The second-order valence-corrected chi connectivity index (χ2v) is 7.29. The van der Waals surface area contributed by atoms with E-state index >= 15 is 0 Å². The zero-order valence-electron chi connectivity index (χ0n) is 16.7. The Bertz CT molecular complexity index is 706. The Labute approximate surface area is 170 Å². The average molecular weight is 404 g/mol. The molecule has 3 rings (SSSR count). The molecule has 1 aromatic carbocycles. The molecule has 1 N–H and O–H groups in total. The molecule has 0 bridgehead atoms. The van der Waals surface area contributed by atoms with Gasteiger partial charge in [0.2, 0.25) is 5.91 Å². The van der Waals surface area contributed by atoms with Crippen molar-refractivity contribution < 1.29 is 28.6 Å². The van der Waals surface area contributed by atoms with E-state index < -0.39 is 6.16 Å². The first-order valence-corrected chi connectivity index (χ1v) is 10.2. The van der Waals surface area contributed by atoms with E-state index in [0.717, 1.165) is 25.7 Å². The summed E-state index contributed by atoms with van der Waals surface area (Å²) in [5.41, 5.74) is 0.548. The fourth-order valence-corrected chi connectivity index (χ4v) is 3.58. The number of likely N-dealkylation sites (tertiary alicyclic amines) is 1. The Balaban J connectivity index is 1.42. The number of carbonyl (C=O) groups excluding carboxylic acids is 3. The Morgan fingerprint density at radius 2 is 1.86 bits per heavy atom. The Kier molecular flexibility index (Phi) is 7.46. The summed E-state index contributed by atoms with van der Waals surface area (Å²) in [4.78, 5) is 37.9. The second kappa shape index (κ2) is 10.2. The van der Waals surface area contributed by atoms with Crippen molar-refractivity contribution in [1.29, 1.82) is 0 Å². The van der Waals surface area contributed by atoms with Crippen molar-refractivity contribution in [2.75, 3.05) is 32.8 Å². The highest BCUT2D eigenvalue weighted by Gasteiger charge is 2.27. The van der Waals surface area contributed by atoms with Crippen molar-refractivity contribution in [1.82, 2.24) is 10.2 Å². The van der Waals surface area contributed by atoms with E-state index in [1.165, 1.54) is 0 Å². The quantitative estimate of drug-likeness (QED) is 0.578. The number of nitrogens with zero attached hydrogens (tertiary/aromatic N) is 1. The summed E-state index contributed by atoms with van der Waals surface area (Å²) in [5, 5.41) is 2.98. The van der Waals surface area contributed by atoms with E-state index in [2.05, 4.69) is 5.32 Å². The first-order valence-electron chi connectivity index (χ1n) is 10.2. The number of benzene rings is 1. The van der Waals surface area contributed by atoms with Crippen LogP contribution in [0.1, 0.15) is 43.0 Å². The summed E-state index contributed by atoms with van der Waals surface area (Å²) >= 11 is 0. The number of ether oxygens (including phenoxy) is 3. The van der Waals surface area contributed by atoms with Gasteiger partial charge in [-0.25, -0.2) is 4.79 Å². The van der Waals surface area contributed by atoms with Gasteiger partial charge >= 0.3 is 6.16 Å². The molecule has 2 heterocycles. The van der Waals surface area contributed by atoms with Crippen LogP contribution in [0.15, 0.2) is 24.3 Å². The average Bonchev–Trinajstić information content (AvgIpc) is 3.28. The van der Waals surface area contributed by atoms with Crippen molar-refractivity contribution in [2.45, 2.75) is 38.7 Å². The lowest BCUT2D eigenvalue weighted by Crippen LogP contribution is -2.43. The number of hydrogen-bond donors (Lipinski definition) is 1. The molecule has 0 saturated carbocycles. The predicted molar refractivity (Wildman–Crippen MR) is 105 cm³/mol. The van der Waals surface area contributed by atoms with Crippen LogP contribution in [0.4, 0.5) is 4.79 Å². The lowest BCUT2D eigenvalue weighted by Gasteiger charge is -2.32. The summed E-state index contributed by atoms with van der Waals surface area (Å²) in [6.07, 6.45) is 2.37. The van der Waals surface area contributed by atoms with Gasteiger partial charge in [0.1, 0.15) is 11.9 Å². The molecule has 1 unspecified atom stereocenters. The maximum Gasteiger partial charge on any atom is 0.513 e. The van der Waals surface area contributed by atoms with E-state index in [1.807, 2.05) is 4.90 Å². The molecule has 0 aromatic heterocycles. The minimum absolute atomic E-state index is 0.0221. The SMILES string of the molecule is CCOC(=O)Oc1ccc(C(=O)N2CCC(CNC(=O)C3CCCO3)CC2)cc1. The molecule has 2 amide bonds. The minimum Gasteiger partial charge on any atom is -0.434 e. The van der Waals surface area contributed by atoms with Crippen molar-refractivity contribution in [3.05, 3.63) is 29.8 Å². The highest BCUT2D eigenvalue weighted by molar-refractivity contribution is 5.94. The van der Waals surface area contributed by atoms with Crippen molar-refractivity contribution in [2.24, 2.45) is 5.92 Å². The number of amides is 2. The lowest BCUT2D eigenvalue weighted by atomic mass is 9.96. The molecule has 8 heteroatoms. The van der Waals surface area contributed by atoms with Crippen molar-refractivity contribution in [3.63, 3.8) is 0 Å². The van der Waals surface area contributed by atoms with Gasteiger partial charge in [-0.2, -0.15) is 0 Å². The standard InChI is InChI=1S/C21H28N2O6/c1-2-27-21(26)29-17-7-5-16(6-8-17)20(25)23-11-9-15(10-12-23)14-22-19(24)18-4-3-13-28-18/h5-8,15,18H,2-4,9-14H2,1H3,(H,22,24). The van der Waals surface area contributed by atoms with Gasteiger partial charge in [0.25, 0.3) is 5.91 Å². The number of rotatable bonds is 6. The van der Waals surface area contributed by atoms with E-state index in [4.69, 9.17) is 14.2 Å². The second-order valence-electron chi connectivity index (χ2n) is 7.29. The van der Waals surface area contributed by atoms with Crippen molar-refractivity contribution >= 4 is 18.0 Å². The molecule has 8 nitrogen and oxygen atoms in total. The Morgan fingerprint density at radius 1 is 1.14 bits per heavy atom. The van der Waals surface area contributed by atoms with Crippen molar-refractivity contribution in [3.8, 4) is 5.75 Å². The fourth-order valence-electron chi connectivity index (χ4n) is 3.58. The number of piperidine rings is 1. The predicted octanol–water partition coefficient (Wildman–Crippen LogP) is 2.37. The molecule has 1 aromatic rings. The monoisotopic (exact) mass is 404 g/mol. The minimum atomic E-state index is -0.764. The van der Waals surface area contributed by atoms with Crippen LogP contribution in [0.2, 0.25) is 0 Å². The molecular formula is C21H28N2O6. The first-order chi connectivity index (χ1) is 14.1. The zero-order chi connectivity index (χ0) is 20.6. The largest absolute Gasteiger partial charge is 0.513 e. The zero-order valence-corrected chi connectivity index (χ0v) is 16.7. The van der Waals surface area contributed by atoms with E-state index in [9.17, 15) is 14.4 Å². The van der Waals surface area contributed by atoms with E-state index in [0.29, 0.717) is 43.5 Å². The molecule has 1 atom stereocenters. The highest BCUT2D eigenvalue weighted by Crippen LogP contribution is 2.20. The summed E-state index contributed by atoms with van der Waals surface area (Å²) in [6.45, 7) is 4.53. The summed E-state index contributed by atoms with van der Waals surface area (Å²) in [6, 6.07) is 6.45. The van der Waals surface area contributed by atoms with Crippen LogP contribution in [0, 0.1) is 5.92 Å². The van der Waals surface area contributed by atoms with E-state index in [-0.39, 0.29) is 24.5 Å². The van der Waals surface area contributed by atoms with Crippen LogP contribution in [0.5, 0.6) is 5.75 Å². The first kappa shape index (κ1) is 21.1. The molecule has 2 saturated heterocycles. The van der Waals surface area contributed by atoms with Gasteiger partial charge in [-0.05, 0) is 62.8 Å². The molecule has 0 aliphatic carbocycles. The van der Waals surface area contributed by atoms with Gasteiger partial charge in [0.15, 0.2) is 0 Å². The molecule has 158 valence electrons. The lowest BCUT2D eigenvalue weighted by molar-refractivity contribution is -0.130. The van der Waals surface area contributed by atoms with Gasteiger partial charge in [-0.1, -0.05) is 0 Å². The van der Waals surface area contributed by atoms with Gasteiger partial charge in [0, 0.05) is 31.8 Å². The third kappa shape index (κ3) is 5.93. The number of hydrogen-bond acceptors (Lipinski definition) is 6. The summed E-state index contributed by atoms with van der Waals surface area (Å²) in [7, 11) is 0. The number of carbonyl (C=O) groups is 3. The van der Waals surface area contributed by atoms with Crippen LogP contribution in [0.25, 0.3) is 0 Å².